The fourth-order valence-electron chi connectivity index (χ4n) is 1.67. The van der Waals surface area contributed by atoms with Gasteiger partial charge in [0, 0.05) is 11.9 Å². The molecule has 0 bridgehead atoms. The zero-order valence-corrected chi connectivity index (χ0v) is 10.5. The van der Waals surface area contributed by atoms with Gasteiger partial charge in [0.15, 0.2) is 0 Å². The Bertz CT molecular complexity index is 607. The van der Waals surface area contributed by atoms with Crippen LogP contribution in [0.25, 0.3) is 0 Å². The second-order valence-electron chi connectivity index (χ2n) is 3.87. The number of rotatable bonds is 2. The Labute approximate surface area is 111 Å². The van der Waals surface area contributed by atoms with Crippen molar-refractivity contribution in [1.82, 2.24) is 25.2 Å². The Morgan fingerprint density at radius 1 is 1.58 bits per heavy atom. The lowest BCUT2D eigenvalue weighted by atomic mass is 10.3. The minimum absolute atomic E-state index is 0.0849. The van der Waals surface area contributed by atoms with Crippen molar-refractivity contribution in [3.05, 3.63) is 30.5 Å². The summed E-state index contributed by atoms with van der Waals surface area (Å²) in [5.41, 5.74) is 2.70. The van der Waals surface area contributed by atoms with Gasteiger partial charge in [0.1, 0.15) is 12.4 Å². The molecular formula is C10H10N6O2S. The number of carbonyl (C=O) groups excluding carboxylic acids is 2. The van der Waals surface area contributed by atoms with Crippen LogP contribution in [0.2, 0.25) is 0 Å². The lowest BCUT2D eigenvalue weighted by Gasteiger charge is -2.13. The molecule has 0 spiro atoms. The van der Waals surface area contributed by atoms with Crippen molar-refractivity contribution in [3.63, 3.8) is 0 Å². The highest BCUT2D eigenvalue weighted by Gasteiger charge is 2.26. The summed E-state index contributed by atoms with van der Waals surface area (Å²) < 4.78 is 1.63. The van der Waals surface area contributed by atoms with Crippen molar-refractivity contribution in [2.45, 2.75) is 11.1 Å². The SMILES string of the molecule is O=C(NC1CSc2cccn2NC1=O)c1nnc[nH]1. The van der Waals surface area contributed by atoms with Gasteiger partial charge in [-0.25, -0.2) is 0 Å². The first-order valence-corrected chi connectivity index (χ1v) is 6.50. The molecule has 3 heterocycles. The summed E-state index contributed by atoms with van der Waals surface area (Å²) in [6.07, 6.45) is 3.06. The average molecular weight is 278 g/mol. The standard InChI is InChI=1S/C10H10N6O2S/c17-9-6(13-10(18)8-11-5-12-14-8)4-19-7-2-1-3-16(7)15-9/h1-3,5-6H,4H2,(H,13,18)(H,15,17)(H,11,12,14). The number of fused-ring (bicyclic) bond motifs is 1. The van der Waals surface area contributed by atoms with E-state index in [4.69, 9.17) is 0 Å². The summed E-state index contributed by atoms with van der Waals surface area (Å²) in [7, 11) is 0. The number of aromatic amines is 1. The third kappa shape index (κ3) is 2.32. The molecule has 98 valence electrons. The van der Waals surface area contributed by atoms with Gasteiger partial charge in [-0.1, -0.05) is 0 Å². The molecule has 1 unspecified atom stereocenters. The highest BCUT2D eigenvalue weighted by atomic mass is 32.2. The molecule has 3 N–H and O–H groups in total. The van der Waals surface area contributed by atoms with Gasteiger partial charge < -0.3 is 10.3 Å². The van der Waals surface area contributed by atoms with Crippen LogP contribution < -0.4 is 10.7 Å². The van der Waals surface area contributed by atoms with E-state index in [0.29, 0.717) is 5.75 Å². The van der Waals surface area contributed by atoms with Gasteiger partial charge in [-0.05, 0) is 12.1 Å². The van der Waals surface area contributed by atoms with Gasteiger partial charge in [-0.15, -0.1) is 22.0 Å². The molecule has 0 aromatic carbocycles. The minimum atomic E-state index is -0.623. The molecule has 2 amide bonds. The monoisotopic (exact) mass is 278 g/mol. The third-order valence-corrected chi connectivity index (χ3v) is 3.72. The predicted octanol–water partition coefficient (Wildman–Crippen LogP) is -0.419. The van der Waals surface area contributed by atoms with Crippen LogP contribution in [0.4, 0.5) is 0 Å². The van der Waals surface area contributed by atoms with E-state index in [9.17, 15) is 9.59 Å². The molecule has 0 fully saturated rings. The Kier molecular flexibility index (Phi) is 2.95. The molecule has 1 aliphatic rings. The van der Waals surface area contributed by atoms with Gasteiger partial charge in [0.05, 0.1) is 5.03 Å². The molecule has 0 radical (unpaired) electrons. The molecule has 1 aliphatic heterocycles. The van der Waals surface area contributed by atoms with Gasteiger partial charge >= 0.3 is 0 Å². The summed E-state index contributed by atoms with van der Waals surface area (Å²) >= 11 is 1.49. The highest BCUT2D eigenvalue weighted by molar-refractivity contribution is 7.99. The zero-order valence-electron chi connectivity index (χ0n) is 9.66. The van der Waals surface area contributed by atoms with Crippen molar-refractivity contribution < 1.29 is 9.59 Å². The molecule has 1 atom stereocenters. The van der Waals surface area contributed by atoms with Gasteiger partial charge in [-0.2, -0.15) is 0 Å². The molecule has 0 saturated heterocycles. The number of nitrogens with zero attached hydrogens (tertiary/aromatic N) is 3. The van der Waals surface area contributed by atoms with E-state index in [1.807, 2.05) is 12.1 Å². The van der Waals surface area contributed by atoms with Gasteiger partial charge in [0.2, 0.25) is 5.82 Å². The maximum absolute atomic E-state index is 12.0. The zero-order chi connectivity index (χ0) is 13.2. The van der Waals surface area contributed by atoms with Crippen molar-refractivity contribution in [1.29, 1.82) is 0 Å². The maximum atomic E-state index is 12.0. The van der Waals surface area contributed by atoms with E-state index in [1.165, 1.54) is 18.1 Å². The Morgan fingerprint density at radius 2 is 2.47 bits per heavy atom. The number of H-pyrrole nitrogens is 1. The van der Waals surface area contributed by atoms with Crippen LogP contribution in [0, 0.1) is 0 Å². The van der Waals surface area contributed by atoms with Crippen LogP contribution in [-0.4, -0.2) is 43.5 Å². The van der Waals surface area contributed by atoms with E-state index in [0.717, 1.165) is 5.03 Å². The van der Waals surface area contributed by atoms with Crippen molar-refractivity contribution >= 4 is 23.6 Å². The highest BCUT2D eigenvalue weighted by Crippen LogP contribution is 2.21. The second-order valence-corrected chi connectivity index (χ2v) is 4.91. The first-order chi connectivity index (χ1) is 9.24. The van der Waals surface area contributed by atoms with E-state index >= 15 is 0 Å². The van der Waals surface area contributed by atoms with Crippen molar-refractivity contribution in [2.24, 2.45) is 0 Å². The minimum Gasteiger partial charge on any atom is -0.337 e. The van der Waals surface area contributed by atoms with Crippen LogP contribution >= 0.6 is 11.8 Å². The van der Waals surface area contributed by atoms with Crippen LogP contribution in [0.1, 0.15) is 10.6 Å². The van der Waals surface area contributed by atoms with E-state index < -0.39 is 11.9 Å². The second kappa shape index (κ2) is 4.76. The number of aromatic nitrogens is 4. The van der Waals surface area contributed by atoms with E-state index in [2.05, 4.69) is 25.9 Å². The van der Waals surface area contributed by atoms with Crippen LogP contribution in [0.5, 0.6) is 0 Å². The van der Waals surface area contributed by atoms with Gasteiger partial charge in [0.25, 0.3) is 11.8 Å². The van der Waals surface area contributed by atoms with Crippen molar-refractivity contribution in [3.8, 4) is 0 Å². The Morgan fingerprint density at radius 3 is 3.26 bits per heavy atom. The topological polar surface area (TPSA) is 105 Å². The summed E-state index contributed by atoms with van der Waals surface area (Å²) in [6.45, 7) is 0. The molecule has 0 saturated carbocycles. The lowest BCUT2D eigenvalue weighted by Crippen LogP contribution is -2.46. The number of nitrogens with one attached hydrogen (secondary N) is 3. The molecule has 0 aliphatic carbocycles. The lowest BCUT2D eigenvalue weighted by molar-refractivity contribution is -0.118. The average Bonchev–Trinajstić information content (AvgIpc) is 3.03. The van der Waals surface area contributed by atoms with Crippen LogP contribution in [0.3, 0.4) is 0 Å². The number of hydrogen-bond acceptors (Lipinski definition) is 5. The molecule has 2 aromatic rings. The van der Waals surface area contributed by atoms with Crippen LogP contribution in [0.15, 0.2) is 29.7 Å². The number of hydrogen-bond donors (Lipinski definition) is 3. The molecule has 2 aromatic heterocycles. The number of carbonyl (C=O) groups is 2. The van der Waals surface area contributed by atoms with E-state index in [1.54, 1.807) is 10.9 Å². The van der Waals surface area contributed by atoms with Crippen molar-refractivity contribution in [2.75, 3.05) is 11.2 Å². The van der Waals surface area contributed by atoms with Gasteiger partial charge in [-0.3, -0.25) is 19.7 Å². The number of amides is 2. The first kappa shape index (κ1) is 11.8. The molecular weight excluding hydrogens is 268 g/mol. The Hall–Kier alpha value is -2.29. The fourth-order valence-corrected chi connectivity index (χ4v) is 2.66. The smallest absolute Gasteiger partial charge is 0.289 e. The summed E-state index contributed by atoms with van der Waals surface area (Å²) in [5.74, 6) is -0.183. The normalized spacial score (nSPS) is 18.3. The predicted molar refractivity (Wildman–Crippen MR) is 67.2 cm³/mol. The Balaban J connectivity index is 1.71. The molecule has 3 rings (SSSR count). The molecule has 19 heavy (non-hydrogen) atoms. The summed E-state index contributed by atoms with van der Waals surface area (Å²) in [5, 5.41) is 10.7. The molecule has 9 heteroatoms. The fraction of sp³-hybridized carbons (Fsp3) is 0.200. The van der Waals surface area contributed by atoms with E-state index in [-0.39, 0.29) is 11.7 Å². The number of thioether (sulfide) groups is 1. The quantitative estimate of drug-likeness (QED) is 0.692. The molecule has 8 nitrogen and oxygen atoms in total. The summed E-state index contributed by atoms with van der Waals surface area (Å²) in [6, 6.07) is 3.12. The summed E-state index contributed by atoms with van der Waals surface area (Å²) in [4.78, 5) is 26.4. The maximum Gasteiger partial charge on any atom is 0.289 e. The first-order valence-electron chi connectivity index (χ1n) is 5.52. The third-order valence-electron chi connectivity index (χ3n) is 2.59. The largest absolute Gasteiger partial charge is 0.337 e. The van der Waals surface area contributed by atoms with Crippen LogP contribution in [-0.2, 0) is 4.79 Å².